The Morgan fingerprint density at radius 1 is 1.11 bits per heavy atom. The molecule has 28 heavy (non-hydrogen) atoms. The van der Waals surface area contributed by atoms with Crippen LogP contribution in [0.5, 0.6) is 0 Å². The van der Waals surface area contributed by atoms with Crippen molar-refractivity contribution >= 4 is 21.6 Å². The molecule has 0 unspecified atom stereocenters. The molecular weight excluding hydrogens is 378 g/mol. The molecule has 1 aliphatic heterocycles. The molecule has 1 aliphatic rings. The van der Waals surface area contributed by atoms with E-state index in [9.17, 15) is 13.2 Å². The molecule has 7 nitrogen and oxygen atoms in total. The van der Waals surface area contributed by atoms with Gasteiger partial charge in [-0.2, -0.15) is 0 Å². The van der Waals surface area contributed by atoms with Gasteiger partial charge in [-0.1, -0.05) is 0 Å². The van der Waals surface area contributed by atoms with Crippen LogP contribution in [-0.2, 0) is 16.6 Å². The standard InChI is InChI=1S/C20H27N3O4S/c1-15-7-8-16(27-15)14-22(4)20(24)18-13-17(28(25,26)21(2)3)9-10-19(18)23-11-5-6-12-23/h7-10,13H,5-6,11-12,14H2,1-4H3. The lowest BCUT2D eigenvalue weighted by molar-refractivity contribution is 0.0775. The van der Waals surface area contributed by atoms with Crippen LogP contribution in [0.3, 0.4) is 0 Å². The van der Waals surface area contributed by atoms with E-state index < -0.39 is 10.0 Å². The fourth-order valence-corrected chi connectivity index (χ4v) is 4.30. The highest BCUT2D eigenvalue weighted by Crippen LogP contribution is 2.29. The van der Waals surface area contributed by atoms with Crippen molar-refractivity contribution in [2.24, 2.45) is 0 Å². The molecule has 2 aromatic rings. The molecule has 0 spiro atoms. The number of benzene rings is 1. The minimum absolute atomic E-state index is 0.117. The molecular formula is C20H27N3O4S. The first kappa shape index (κ1) is 20.4. The van der Waals surface area contributed by atoms with Crippen molar-refractivity contribution in [1.29, 1.82) is 0 Å². The maximum atomic E-state index is 13.2. The van der Waals surface area contributed by atoms with E-state index >= 15 is 0 Å². The monoisotopic (exact) mass is 405 g/mol. The maximum Gasteiger partial charge on any atom is 0.256 e. The quantitative estimate of drug-likeness (QED) is 0.739. The summed E-state index contributed by atoms with van der Waals surface area (Å²) in [6.45, 7) is 3.89. The number of hydrogen-bond donors (Lipinski definition) is 0. The molecule has 1 saturated heterocycles. The molecule has 1 fully saturated rings. The number of hydrogen-bond acceptors (Lipinski definition) is 5. The van der Waals surface area contributed by atoms with Gasteiger partial charge in [0.2, 0.25) is 10.0 Å². The highest BCUT2D eigenvalue weighted by atomic mass is 32.2. The van der Waals surface area contributed by atoms with E-state index in [1.807, 2.05) is 19.1 Å². The second-order valence-electron chi connectivity index (χ2n) is 7.33. The molecule has 0 saturated carbocycles. The third kappa shape index (κ3) is 4.07. The first-order valence-electron chi connectivity index (χ1n) is 9.32. The van der Waals surface area contributed by atoms with Crippen LogP contribution in [0.25, 0.3) is 0 Å². The van der Waals surface area contributed by atoms with Crippen LogP contribution in [0.2, 0.25) is 0 Å². The van der Waals surface area contributed by atoms with Crippen LogP contribution in [0.15, 0.2) is 39.6 Å². The predicted octanol–water partition coefficient (Wildman–Crippen LogP) is 2.71. The zero-order valence-electron chi connectivity index (χ0n) is 16.8. The fourth-order valence-electron chi connectivity index (χ4n) is 3.37. The number of aryl methyl sites for hydroxylation is 1. The molecule has 0 radical (unpaired) electrons. The number of anilines is 1. The second-order valence-corrected chi connectivity index (χ2v) is 9.49. The van der Waals surface area contributed by atoms with E-state index in [0.29, 0.717) is 17.9 Å². The first-order chi connectivity index (χ1) is 13.2. The predicted molar refractivity (Wildman–Crippen MR) is 108 cm³/mol. The first-order valence-corrected chi connectivity index (χ1v) is 10.8. The second kappa shape index (κ2) is 7.97. The van der Waals surface area contributed by atoms with E-state index in [2.05, 4.69) is 4.90 Å². The van der Waals surface area contributed by atoms with Crippen molar-refractivity contribution in [2.45, 2.75) is 31.2 Å². The molecule has 1 amide bonds. The lowest BCUT2D eigenvalue weighted by Crippen LogP contribution is -2.30. The molecule has 8 heteroatoms. The molecule has 0 atom stereocenters. The summed E-state index contributed by atoms with van der Waals surface area (Å²) >= 11 is 0. The topological polar surface area (TPSA) is 74.1 Å². The Morgan fingerprint density at radius 2 is 1.79 bits per heavy atom. The summed E-state index contributed by atoms with van der Waals surface area (Å²) in [5, 5.41) is 0. The molecule has 0 bridgehead atoms. The van der Waals surface area contributed by atoms with Crippen LogP contribution < -0.4 is 4.90 Å². The van der Waals surface area contributed by atoms with E-state index in [-0.39, 0.29) is 10.8 Å². The number of carbonyl (C=O) groups excluding carboxylic acids is 1. The Hall–Kier alpha value is -2.32. The van der Waals surface area contributed by atoms with Gasteiger partial charge in [0.15, 0.2) is 0 Å². The molecule has 1 aromatic carbocycles. The van der Waals surface area contributed by atoms with Gasteiger partial charge in [-0.15, -0.1) is 0 Å². The minimum atomic E-state index is -3.63. The molecule has 3 rings (SSSR count). The van der Waals surface area contributed by atoms with Crippen molar-refractivity contribution in [3.8, 4) is 0 Å². The number of rotatable bonds is 6. The Labute approximate surface area is 166 Å². The summed E-state index contributed by atoms with van der Waals surface area (Å²) in [6.07, 6.45) is 2.12. The minimum Gasteiger partial charge on any atom is -0.464 e. The highest BCUT2D eigenvalue weighted by molar-refractivity contribution is 7.89. The van der Waals surface area contributed by atoms with Gasteiger partial charge < -0.3 is 14.2 Å². The number of sulfonamides is 1. The van der Waals surface area contributed by atoms with Crippen molar-refractivity contribution in [3.63, 3.8) is 0 Å². The normalized spacial score (nSPS) is 14.7. The molecule has 2 heterocycles. The average molecular weight is 406 g/mol. The van der Waals surface area contributed by atoms with Crippen LogP contribution in [0, 0.1) is 6.92 Å². The van der Waals surface area contributed by atoms with Gasteiger partial charge in [0.1, 0.15) is 11.5 Å². The van der Waals surface area contributed by atoms with Crippen LogP contribution in [0.4, 0.5) is 5.69 Å². The number of furan rings is 1. The van der Waals surface area contributed by atoms with E-state index in [4.69, 9.17) is 4.42 Å². The summed E-state index contributed by atoms with van der Waals surface area (Å²) in [5.74, 6) is 1.24. The lowest BCUT2D eigenvalue weighted by Gasteiger charge is -2.24. The van der Waals surface area contributed by atoms with Crippen LogP contribution >= 0.6 is 0 Å². The number of nitrogens with zero attached hydrogens (tertiary/aromatic N) is 3. The van der Waals surface area contributed by atoms with Gasteiger partial charge in [0.05, 0.1) is 17.0 Å². The SMILES string of the molecule is Cc1ccc(CN(C)C(=O)c2cc(S(=O)(=O)N(C)C)ccc2N2CCCC2)o1. The van der Waals surface area contributed by atoms with E-state index in [0.717, 1.165) is 41.7 Å². The summed E-state index contributed by atoms with van der Waals surface area (Å²) in [6, 6.07) is 8.52. The average Bonchev–Trinajstić information content (AvgIpc) is 3.32. The fraction of sp³-hybridized carbons (Fsp3) is 0.450. The Kier molecular flexibility index (Phi) is 5.81. The van der Waals surface area contributed by atoms with E-state index in [1.165, 1.54) is 20.2 Å². The van der Waals surface area contributed by atoms with Gasteiger partial charge >= 0.3 is 0 Å². The van der Waals surface area contributed by atoms with Gasteiger partial charge in [-0.25, -0.2) is 12.7 Å². The van der Waals surface area contributed by atoms with Gasteiger partial charge in [0.25, 0.3) is 5.91 Å². The molecule has 0 N–H and O–H groups in total. The Bertz CT molecular complexity index is 960. The number of carbonyl (C=O) groups is 1. The zero-order chi connectivity index (χ0) is 20.5. The van der Waals surface area contributed by atoms with Crippen molar-refractivity contribution in [3.05, 3.63) is 47.4 Å². The summed E-state index contributed by atoms with van der Waals surface area (Å²) in [5.41, 5.74) is 1.18. The maximum absolute atomic E-state index is 13.2. The lowest BCUT2D eigenvalue weighted by atomic mass is 10.1. The summed E-state index contributed by atoms with van der Waals surface area (Å²) in [7, 11) is 1.03. The Morgan fingerprint density at radius 3 is 2.36 bits per heavy atom. The van der Waals surface area contributed by atoms with Gasteiger partial charge in [-0.05, 0) is 50.1 Å². The Balaban J connectivity index is 1.98. The molecule has 152 valence electrons. The summed E-state index contributed by atoms with van der Waals surface area (Å²) in [4.78, 5) is 17.0. The highest BCUT2D eigenvalue weighted by Gasteiger charge is 2.26. The zero-order valence-corrected chi connectivity index (χ0v) is 17.6. The van der Waals surface area contributed by atoms with E-state index in [1.54, 1.807) is 24.1 Å². The van der Waals surface area contributed by atoms with Crippen LogP contribution in [-0.4, -0.2) is 57.8 Å². The molecule has 1 aromatic heterocycles. The third-order valence-electron chi connectivity index (χ3n) is 4.96. The summed E-state index contributed by atoms with van der Waals surface area (Å²) < 4.78 is 31.9. The third-order valence-corrected chi connectivity index (χ3v) is 6.77. The largest absolute Gasteiger partial charge is 0.464 e. The number of amides is 1. The van der Waals surface area contributed by atoms with Crippen molar-refractivity contribution in [2.75, 3.05) is 39.1 Å². The van der Waals surface area contributed by atoms with Crippen molar-refractivity contribution < 1.29 is 17.6 Å². The van der Waals surface area contributed by atoms with Gasteiger partial charge in [-0.3, -0.25) is 4.79 Å². The van der Waals surface area contributed by atoms with Crippen molar-refractivity contribution in [1.82, 2.24) is 9.21 Å². The van der Waals surface area contributed by atoms with Crippen LogP contribution in [0.1, 0.15) is 34.7 Å². The smallest absolute Gasteiger partial charge is 0.256 e. The molecule has 0 aliphatic carbocycles. The van der Waals surface area contributed by atoms with Gasteiger partial charge in [0, 0.05) is 39.9 Å².